The van der Waals surface area contributed by atoms with Gasteiger partial charge in [-0.2, -0.15) is 0 Å². The quantitative estimate of drug-likeness (QED) is 0.598. The Morgan fingerprint density at radius 1 is 0.964 bits per heavy atom. The molecular weight excluding hydrogens is 370 g/mol. The lowest BCUT2D eigenvalue weighted by Crippen LogP contribution is -2.45. The SMILES string of the molecule is CCCCCC(O)(c1ccccc1)C(CN1CCOCC1)c1ccccc1.Cl. The van der Waals surface area contributed by atoms with Gasteiger partial charge in [-0.05, 0) is 17.5 Å². The first-order valence-corrected chi connectivity index (χ1v) is 10.4. The van der Waals surface area contributed by atoms with E-state index in [0.29, 0.717) is 0 Å². The van der Waals surface area contributed by atoms with Crippen LogP contribution in [-0.4, -0.2) is 42.9 Å². The minimum atomic E-state index is -0.865. The Kier molecular flexibility index (Phi) is 9.46. The summed E-state index contributed by atoms with van der Waals surface area (Å²) >= 11 is 0. The van der Waals surface area contributed by atoms with E-state index in [1.165, 1.54) is 5.56 Å². The van der Waals surface area contributed by atoms with E-state index in [1.807, 2.05) is 24.3 Å². The van der Waals surface area contributed by atoms with E-state index in [4.69, 9.17) is 4.74 Å². The zero-order valence-corrected chi connectivity index (χ0v) is 17.7. The van der Waals surface area contributed by atoms with Crippen molar-refractivity contribution in [2.45, 2.75) is 44.1 Å². The zero-order chi connectivity index (χ0) is 19.0. The van der Waals surface area contributed by atoms with Gasteiger partial charge in [0.25, 0.3) is 0 Å². The summed E-state index contributed by atoms with van der Waals surface area (Å²) in [5, 5.41) is 12.1. The molecule has 154 valence electrons. The molecule has 3 nitrogen and oxygen atoms in total. The minimum absolute atomic E-state index is 0. The Balaban J connectivity index is 0.00000280. The predicted molar refractivity (Wildman–Crippen MR) is 118 cm³/mol. The molecule has 0 bridgehead atoms. The van der Waals surface area contributed by atoms with Crippen molar-refractivity contribution in [2.24, 2.45) is 0 Å². The van der Waals surface area contributed by atoms with Crippen LogP contribution in [0.1, 0.15) is 49.7 Å². The van der Waals surface area contributed by atoms with Crippen molar-refractivity contribution in [1.29, 1.82) is 0 Å². The molecule has 1 fully saturated rings. The Labute approximate surface area is 176 Å². The number of morpholine rings is 1. The van der Waals surface area contributed by atoms with E-state index in [1.54, 1.807) is 0 Å². The largest absolute Gasteiger partial charge is 0.384 e. The summed E-state index contributed by atoms with van der Waals surface area (Å²) in [6.07, 6.45) is 4.13. The Bertz CT molecular complexity index is 661. The molecule has 0 spiro atoms. The highest BCUT2D eigenvalue weighted by Gasteiger charge is 2.39. The molecule has 0 radical (unpaired) electrons. The van der Waals surface area contributed by atoms with Gasteiger partial charge in [0.2, 0.25) is 0 Å². The molecule has 0 saturated carbocycles. The summed E-state index contributed by atoms with van der Waals surface area (Å²) in [7, 11) is 0. The third kappa shape index (κ3) is 5.81. The average Bonchev–Trinajstić information content (AvgIpc) is 2.74. The van der Waals surface area contributed by atoms with E-state index in [9.17, 15) is 5.11 Å². The highest BCUT2D eigenvalue weighted by atomic mass is 35.5. The van der Waals surface area contributed by atoms with Gasteiger partial charge in [-0.3, -0.25) is 4.90 Å². The molecule has 2 atom stereocenters. The van der Waals surface area contributed by atoms with Crippen LogP contribution >= 0.6 is 12.4 Å². The summed E-state index contributed by atoms with van der Waals surface area (Å²) in [4.78, 5) is 2.44. The van der Waals surface area contributed by atoms with Crippen LogP contribution in [0.5, 0.6) is 0 Å². The standard InChI is InChI=1S/C24H33NO2.ClH/c1-2-3-10-15-24(26,22-13-8-5-9-14-22)23(21-11-6-4-7-12-21)20-25-16-18-27-19-17-25;/h4-9,11-14,23,26H,2-3,10,15-20H2,1H3;1H. The van der Waals surface area contributed by atoms with Crippen LogP contribution in [0.25, 0.3) is 0 Å². The number of ether oxygens (including phenoxy) is 1. The van der Waals surface area contributed by atoms with Crippen LogP contribution < -0.4 is 0 Å². The second-order valence-corrected chi connectivity index (χ2v) is 7.62. The molecular formula is C24H34ClNO2. The van der Waals surface area contributed by atoms with Gasteiger partial charge >= 0.3 is 0 Å². The molecule has 4 heteroatoms. The lowest BCUT2D eigenvalue weighted by atomic mass is 9.74. The number of hydrogen-bond acceptors (Lipinski definition) is 3. The fourth-order valence-corrected chi connectivity index (χ4v) is 4.15. The molecule has 1 saturated heterocycles. The number of aliphatic hydroxyl groups is 1. The number of benzene rings is 2. The number of rotatable bonds is 9. The van der Waals surface area contributed by atoms with Gasteiger partial charge in [-0.15, -0.1) is 12.4 Å². The maximum atomic E-state index is 12.1. The molecule has 2 aromatic carbocycles. The Hall–Kier alpha value is -1.39. The topological polar surface area (TPSA) is 32.7 Å². The van der Waals surface area contributed by atoms with Crippen molar-refractivity contribution in [3.63, 3.8) is 0 Å². The van der Waals surface area contributed by atoms with Crippen molar-refractivity contribution in [3.05, 3.63) is 71.8 Å². The summed E-state index contributed by atoms with van der Waals surface area (Å²) in [5.74, 6) is 0.0380. The molecule has 1 aliphatic rings. The molecule has 0 aromatic heterocycles. The van der Waals surface area contributed by atoms with E-state index < -0.39 is 5.60 Å². The summed E-state index contributed by atoms with van der Waals surface area (Å²) in [6.45, 7) is 6.49. The normalized spacial score (nSPS) is 18.1. The van der Waals surface area contributed by atoms with Crippen molar-refractivity contribution in [2.75, 3.05) is 32.8 Å². The maximum Gasteiger partial charge on any atom is 0.0977 e. The van der Waals surface area contributed by atoms with Crippen molar-refractivity contribution in [3.8, 4) is 0 Å². The van der Waals surface area contributed by atoms with Crippen molar-refractivity contribution < 1.29 is 9.84 Å². The second-order valence-electron chi connectivity index (χ2n) is 7.62. The van der Waals surface area contributed by atoms with E-state index in [0.717, 1.165) is 64.1 Å². The molecule has 3 rings (SSSR count). The average molecular weight is 404 g/mol. The predicted octanol–water partition coefficient (Wildman–Crippen LogP) is 4.99. The van der Waals surface area contributed by atoms with Gasteiger partial charge in [0, 0.05) is 25.6 Å². The first-order chi connectivity index (χ1) is 13.2. The Morgan fingerprint density at radius 3 is 2.18 bits per heavy atom. The van der Waals surface area contributed by atoms with Gasteiger partial charge in [-0.1, -0.05) is 86.8 Å². The van der Waals surface area contributed by atoms with E-state index >= 15 is 0 Å². The molecule has 2 aromatic rings. The smallest absolute Gasteiger partial charge is 0.0977 e. The lowest BCUT2D eigenvalue weighted by Gasteiger charge is -2.41. The van der Waals surface area contributed by atoms with Gasteiger partial charge in [0.15, 0.2) is 0 Å². The van der Waals surface area contributed by atoms with Gasteiger partial charge in [0.1, 0.15) is 0 Å². The third-order valence-corrected chi connectivity index (χ3v) is 5.76. The number of nitrogens with zero attached hydrogens (tertiary/aromatic N) is 1. The molecule has 0 amide bonds. The number of unbranched alkanes of at least 4 members (excludes halogenated alkanes) is 2. The molecule has 2 unspecified atom stereocenters. The third-order valence-electron chi connectivity index (χ3n) is 5.76. The van der Waals surface area contributed by atoms with Crippen molar-refractivity contribution >= 4 is 12.4 Å². The lowest BCUT2D eigenvalue weighted by molar-refractivity contribution is -0.0295. The first kappa shape index (κ1) is 22.9. The monoisotopic (exact) mass is 403 g/mol. The van der Waals surface area contributed by atoms with E-state index in [-0.39, 0.29) is 18.3 Å². The highest BCUT2D eigenvalue weighted by molar-refractivity contribution is 5.85. The summed E-state index contributed by atoms with van der Waals surface area (Å²) < 4.78 is 5.53. The zero-order valence-electron chi connectivity index (χ0n) is 16.9. The maximum absolute atomic E-state index is 12.1. The summed E-state index contributed by atoms with van der Waals surface area (Å²) in [6, 6.07) is 20.8. The van der Waals surface area contributed by atoms with Crippen LogP contribution in [0.2, 0.25) is 0 Å². The van der Waals surface area contributed by atoms with E-state index in [2.05, 4.69) is 48.2 Å². The number of halogens is 1. The minimum Gasteiger partial charge on any atom is -0.384 e. The fraction of sp³-hybridized carbons (Fsp3) is 0.500. The van der Waals surface area contributed by atoms with Crippen LogP contribution in [0.15, 0.2) is 60.7 Å². The van der Waals surface area contributed by atoms with Gasteiger partial charge < -0.3 is 9.84 Å². The van der Waals surface area contributed by atoms with Gasteiger partial charge in [0.05, 0.1) is 18.8 Å². The molecule has 1 heterocycles. The number of hydrogen-bond donors (Lipinski definition) is 1. The molecule has 1 aliphatic heterocycles. The fourth-order valence-electron chi connectivity index (χ4n) is 4.15. The summed E-state index contributed by atoms with van der Waals surface area (Å²) in [5.41, 5.74) is 1.38. The van der Waals surface area contributed by atoms with Crippen LogP contribution in [0.3, 0.4) is 0 Å². The van der Waals surface area contributed by atoms with Crippen LogP contribution in [0.4, 0.5) is 0 Å². The Morgan fingerprint density at radius 2 is 1.57 bits per heavy atom. The molecule has 0 aliphatic carbocycles. The van der Waals surface area contributed by atoms with Crippen LogP contribution in [0, 0.1) is 0 Å². The first-order valence-electron chi connectivity index (χ1n) is 10.4. The highest BCUT2D eigenvalue weighted by Crippen LogP contribution is 2.41. The second kappa shape index (κ2) is 11.6. The molecule has 28 heavy (non-hydrogen) atoms. The molecule has 1 N–H and O–H groups in total. The van der Waals surface area contributed by atoms with Crippen molar-refractivity contribution in [1.82, 2.24) is 4.90 Å². The van der Waals surface area contributed by atoms with Gasteiger partial charge in [-0.25, -0.2) is 0 Å². The van der Waals surface area contributed by atoms with Crippen LogP contribution in [-0.2, 0) is 10.3 Å².